The Morgan fingerprint density at radius 1 is 1.45 bits per heavy atom. The third-order valence-electron chi connectivity index (χ3n) is 4.68. The van der Waals surface area contributed by atoms with Gasteiger partial charge in [0, 0.05) is 19.7 Å². The molecule has 2 aliphatic carbocycles. The number of nitrogens with zero attached hydrogens (tertiary/aromatic N) is 2. The number of carboxylic acid groups (broad SMARTS) is 1. The van der Waals surface area contributed by atoms with Gasteiger partial charge in [-0.2, -0.15) is 0 Å². The van der Waals surface area contributed by atoms with Gasteiger partial charge in [0.05, 0.1) is 0 Å². The van der Waals surface area contributed by atoms with Crippen molar-refractivity contribution in [2.24, 2.45) is 17.8 Å². The van der Waals surface area contributed by atoms with Crippen LogP contribution in [0.4, 0.5) is 0 Å². The normalized spacial score (nSPS) is 27.8. The van der Waals surface area contributed by atoms with Crippen molar-refractivity contribution < 1.29 is 19.2 Å². The molecule has 0 aliphatic heterocycles. The number of aromatic nitrogens is 1. The number of fused-ring (bicyclic) bond motifs is 2. The third kappa shape index (κ3) is 2.30. The standard InChI is InChI=1S/C14H18N2O4/c1-16(7-10-5-8-2-3-9(10)4-8)13(17)11-6-12(14(18)19)20-15-11/h6,8-10H,2-5,7H2,1H3,(H,18,19). The van der Waals surface area contributed by atoms with E-state index in [0.29, 0.717) is 5.92 Å². The summed E-state index contributed by atoms with van der Waals surface area (Å²) in [6.07, 6.45) is 5.13. The molecule has 2 aliphatic rings. The van der Waals surface area contributed by atoms with E-state index in [2.05, 4.69) is 9.68 Å². The van der Waals surface area contributed by atoms with Crippen LogP contribution in [0.1, 0.15) is 46.7 Å². The Bertz CT molecular complexity index is 539. The molecule has 3 atom stereocenters. The average molecular weight is 278 g/mol. The molecule has 1 N–H and O–H groups in total. The van der Waals surface area contributed by atoms with E-state index in [4.69, 9.17) is 5.11 Å². The van der Waals surface area contributed by atoms with Crippen LogP contribution in [0.5, 0.6) is 0 Å². The molecule has 108 valence electrons. The average Bonchev–Trinajstić information content (AvgIpc) is 3.13. The Kier molecular flexibility index (Phi) is 3.23. The molecule has 0 spiro atoms. The number of hydrogen-bond acceptors (Lipinski definition) is 4. The van der Waals surface area contributed by atoms with E-state index in [1.165, 1.54) is 31.7 Å². The maximum Gasteiger partial charge on any atom is 0.374 e. The van der Waals surface area contributed by atoms with E-state index in [0.717, 1.165) is 18.4 Å². The van der Waals surface area contributed by atoms with Crippen molar-refractivity contribution >= 4 is 11.9 Å². The van der Waals surface area contributed by atoms with Crippen LogP contribution in [0.25, 0.3) is 0 Å². The van der Waals surface area contributed by atoms with Crippen molar-refractivity contribution in [2.75, 3.05) is 13.6 Å². The van der Waals surface area contributed by atoms with Gasteiger partial charge >= 0.3 is 5.97 Å². The lowest BCUT2D eigenvalue weighted by atomic mass is 9.88. The second-order valence-corrected chi connectivity index (χ2v) is 6.00. The predicted molar refractivity (Wildman–Crippen MR) is 69.4 cm³/mol. The van der Waals surface area contributed by atoms with E-state index < -0.39 is 5.97 Å². The lowest BCUT2D eigenvalue weighted by Gasteiger charge is -2.26. The Morgan fingerprint density at radius 3 is 2.80 bits per heavy atom. The van der Waals surface area contributed by atoms with Crippen molar-refractivity contribution in [1.29, 1.82) is 0 Å². The second-order valence-electron chi connectivity index (χ2n) is 6.00. The highest BCUT2D eigenvalue weighted by atomic mass is 16.5. The number of carbonyl (C=O) groups is 2. The van der Waals surface area contributed by atoms with Gasteiger partial charge in [0.2, 0.25) is 5.76 Å². The number of carboxylic acids is 1. The minimum atomic E-state index is -1.22. The van der Waals surface area contributed by atoms with E-state index in [1.807, 2.05) is 0 Å². The number of amides is 1. The first-order chi connectivity index (χ1) is 9.54. The molecule has 2 bridgehead atoms. The molecule has 0 radical (unpaired) electrons. The summed E-state index contributed by atoms with van der Waals surface area (Å²) in [4.78, 5) is 24.5. The van der Waals surface area contributed by atoms with Gasteiger partial charge in [-0.3, -0.25) is 4.79 Å². The molecule has 2 fully saturated rings. The molecule has 20 heavy (non-hydrogen) atoms. The van der Waals surface area contributed by atoms with Crippen molar-refractivity contribution in [3.63, 3.8) is 0 Å². The zero-order valence-corrected chi connectivity index (χ0v) is 11.4. The maximum atomic E-state index is 12.2. The molecule has 3 rings (SSSR count). The largest absolute Gasteiger partial charge is 0.475 e. The summed E-state index contributed by atoms with van der Waals surface area (Å²) in [5.74, 6) is 0.382. The summed E-state index contributed by atoms with van der Waals surface area (Å²) in [5.41, 5.74) is 0.0630. The van der Waals surface area contributed by atoms with Gasteiger partial charge < -0.3 is 14.5 Å². The molecule has 2 saturated carbocycles. The minimum absolute atomic E-state index is 0.0630. The second kappa shape index (κ2) is 4.92. The van der Waals surface area contributed by atoms with E-state index in [-0.39, 0.29) is 17.4 Å². The van der Waals surface area contributed by atoms with Crippen LogP contribution in [0.15, 0.2) is 10.6 Å². The molecule has 6 heteroatoms. The van der Waals surface area contributed by atoms with E-state index >= 15 is 0 Å². The van der Waals surface area contributed by atoms with Crippen LogP contribution in [0.3, 0.4) is 0 Å². The van der Waals surface area contributed by atoms with Crippen molar-refractivity contribution in [2.45, 2.75) is 25.7 Å². The fourth-order valence-electron chi connectivity index (χ4n) is 3.71. The third-order valence-corrected chi connectivity index (χ3v) is 4.68. The number of rotatable bonds is 4. The molecular formula is C14H18N2O4. The molecule has 0 aromatic carbocycles. The highest BCUT2D eigenvalue weighted by Crippen LogP contribution is 2.48. The van der Waals surface area contributed by atoms with Gasteiger partial charge in [-0.1, -0.05) is 11.6 Å². The van der Waals surface area contributed by atoms with Crippen LogP contribution < -0.4 is 0 Å². The lowest BCUT2D eigenvalue weighted by Crippen LogP contribution is -2.33. The summed E-state index contributed by atoms with van der Waals surface area (Å²) >= 11 is 0. The highest BCUT2D eigenvalue weighted by Gasteiger charge is 2.40. The smallest absolute Gasteiger partial charge is 0.374 e. The Morgan fingerprint density at radius 2 is 2.25 bits per heavy atom. The lowest BCUT2D eigenvalue weighted by molar-refractivity contribution is 0.0648. The Balaban J connectivity index is 1.62. The van der Waals surface area contributed by atoms with Gasteiger partial charge in [-0.25, -0.2) is 4.79 Å². The summed E-state index contributed by atoms with van der Waals surface area (Å²) < 4.78 is 4.62. The molecule has 1 aromatic rings. The zero-order valence-electron chi connectivity index (χ0n) is 11.4. The predicted octanol–water partition coefficient (Wildman–Crippen LogP) is 1.88. The van der Waals surface area contributed by atoms with Crippen LogP contribution in [0.2, 0.25) is 0 Å². The Hall–Kier alpha value is -1.85. The molecule has 1 aromatic heterocycles. The fourth-order valence-corrected chi connectivity index (χ4v) is 3.71. The van der Waals surface area contributed by atoms with Gasteiger partial charge in [0.25, 0.3) is 5.91 Å². The monoisotopic (exact) mass is 278 g/mol. The van der Waals surface area contributed by atoms with Crippen LogP contribution in [-0.2, 0) is 0 Å². The van der Waals surface area contributed by atoms with Gasteiger partial charge in [0.1, 0.15) is 0 Å². The minimum Gasteiger partial charge on any atom is -0.475 e. The Labute approximate surface area is 116 Å². The quantitative estimate of drug-likeness (QED) is 0.909. The first-order valence-corrected chi connectivity index (χ1v) is 7.00. The molecule has 1 amide bonds. The fraction of sp³-hybridized carbons (Fsp3) is 0.643. The topological polar surface area (TPSA) is 83.6 Å². The van der Waals surface area contributed by atoms with Gasteiger partial charge in [0.15, 0.2) is 5.69 Å². The number of aromatic carboxylic acids is 1. The molecule has 6 nitrogen and oxygen atoms in total. The first-order valence-electron chi connectivity index (χ1n) is 7.00. The van der Waals surface area contributed by atoms with Crippen molar-refractivity contribution in [3.8, 4) is 0 Å². The van der Waals surface area contributed by atoms with Crippen molar-refractivity contribution in [1.82, 2.24) is 10.1 Å². The van der Waals surface area contributed by atoms with Crippen LogP contribution in [0, 0.1) is 17.8 Å². The van der Waals surface area contributed by atoms with E-state index in [9.17, 15) is 9.59 Å². The maximum absolute atomic E-state index is 12.2. The molecule has 0 saturated heterocycles. The first kappa shape index (κ1) is 13.1. The van der Waals surface area contributed by atoms with Crippen molar-refractivity contribution in [3.05, 3.63) is 17.5 Å². The highest BCUT2D eigenvalue weighted by molar-refractivity contribution is 5.94. The number of hydrogen-bond donors (Lipinski definition) is 1. The summed E-state index contributed by atoms with van der Waals surface area (Å²) in [7, 11) is 1.74. The summed E-state index contributed by atoms with van der Waals surface area (Å²) in [6, 6.07) is 1.18. The summed E-state index contributed by atoms with van der Waals surface area (Å²) in [6.45, 7) is 0.718. The van der Waals surface area contributed by atoms with Gasteiger partial charge in [-0.15, -0.1) is 0 Å². The van der Waals surface area contributed by atoms with Crippen LogP contribution in [-0.4, -0.2) is 40.6 Å². The van der Waals surface area contributed by atoms with E-state index in [1.54, 1.807) is 11.9 Å². The van der Waals surface area contributed by atoms with Crippen LogP contribution >= 0.6 is 0 Å². The summed E-state index contributed by atoms with van der Waals surface area (Å²) in [5, 5.41) is 12.3. The molecule has 1 heterocycles. The number of carbonyl (C=O) groups excluding carboxylic acids is 1. The SMILES string of the molecule is CN(CC1CC2CCC1C2)C(=O)c1cc(C(=O)O)on1. The molecular weight excluding hydrogens is 260 g/mol. The molecule has 3 unspecified atom stereocenters. The van der Waals surface area contributed by atoms with Gasteiger partial charge in [-0.05, 0) is 37.0 Å². The zero-order chi connectivity index (χ0) is 14.3.